The quantitative estimate of drug-likeness (QED) is 0.381. The van der Waals surface area contributed by atoms with Crippen LogP contribution in [0.3, 0.4) is 0 Å². The van der Waals surface area contributed by atoms with E-state index in [4.69, 9.17) is 9.47 Å². The maximum atomic E-state index is 12.9. The number of fused-ring (bicyclic) bond motifs is 9. The van der Waals surface area contributed by atoms with Crippen LogP contribution in [0.4, 0.5) is 0 Å². The molecule has 7 fully saturated rings. The minimum atomic E-state index is -0.529. The van der Waals surface area contributed by atoms with E-state index in [1.807, 2.05) is 12.2 Å². The van der Waals surface area contributed by atoms with E-state index in [0.29, 0.717) is 18.3 Å². The van der Waals surface area contributed by atoms with Crippen molar-refractivity contribution in [2.24, 2.45) is 65.1 Å². The van der Waals surface area contributed by atoms with Gasteiger partial charge in [0, 0.05) is 23.7 Å². The van der Waals surface area contributed by atoms with Gasteiger partial charge in [0.2, 0.25) is 0 Å². The Morgan fingerprint density at radius 3 is 2.19 bits per heavy atom. The highest BCUT2D eigenvalue weighted by Gasteiger charge is 2.69. The van der Waals surface area contributed by atoms with Gasteiger partial charge in [0.25, 0.3) is 0 Å². The minimum absolute atomic E-state index is 0.0554. The second-order valence-electron chi connectivity index (χ2n) is 11.9. The van der Waals surface area contributed by atoms with Crippen LogP contribution in [0.25, 0.3) is 0 Å². The van der Waals surface area contributed by atoms with Crippen molar-refractivity contribution in [2.75, 3.05) is 6.61 Å². The van der Waals surface area contributed by atoms with Gasteiger partial charge < -0.3 is 9.47 Å². The Labute approximate surface area is 187 Å². The van der Waals surface area contributed by atoms with Crippen LogP contribution in [-0.2, 0) is 28.7 Å². The molecular formula is C26H30O6. The Hall–Kier alpha value is -1.98. The minimum Gasteiger partial charge on any atom is -0.456 e. The van der Waals surface area contributed by atoms with Gasteiger partial charge in [-0.3, -0.25) is 14.4 Å². The molecule has 0 heterocycles. The van der Waals surface area contributed by atoms with Crippen molar-refractivity contribution in [1.29, 1.82) is 0 Å². The van der Waals surface area contributed by atoms with E-state index in [1.165, 1.54) is 6.42 Å². The summed E-state index contributed by atoms with van der Waals surface area (Å²) in [5, 5.41) is 0. The average Bonchev–Trinajstić information content (AvgIpc) is 3.46. The SMILES string of the molecule is CC1(OC(=O)COC(=O)C2CC3C(=O)C2C2C4C=CC(C4=O)C32)C2CC3CC(C2)CC1C3. The zero-order chi connectivity index (χ0) is 21.9. The van der Waals surface area contributed by atoms with E-state index >= 15 is 0 Å². The van der Waals surface area contributed by atoms with Crippen molar-refractivity contribution in [3.8, 4) is 0 Å². The molecule has 8 aliphatic rings. The first-order valence-electron chi connectivity index (χ1n) is 12.5. The number of hydrogen-bond donors (Lipinski definition) is 0. The number of ether oxygens (including phenoxy) is 2. The van der Waals surface area contributed by atoms with Gasteiger partial charge >= 0.3 is 11.9 Å². The van der Waals surface area contributed by atoms with Gasteiger partial charge in [-0.05, 0) is 81.0 Å². The molecule has 0 aromatic rings. The number of carbonyl (C=O) groups excluding carboxylic acids is 4. The van der Waals surface area contributed by atoms with Crippen LogP contribution < -0.4 is 0 Å². The Bertz CT molecular complexity index is 935. The van der Waals surface area contributed by atoms with Crippen molar-refractivity contribution in [1.82, 2.24) is 0 Å². The summed E-state index contributed by atoms with van der Waals surface area (Å²) in [5.74, 6) is 0.269. The number of rotatable bonds is 4. The molecular weight excluding hydrogens is 408 g/mol. The van der Waals surface area contributed by atoms with Crippen molar-refractivity contribution in [2.45, 2.75) is 51.0 Å². The summed E-state index contributed by atoms with van der Waals surface area (Å²) in [6.07, 6.45) is 10.2. The van der Waals surface area contributed by atoms with E-state index in [1.54, 1.807) is 0 Å². The highest BCUT2D eigenvalue weighted by Crippen LogP contribution is 2.64. The highest BCUT2D eigenvalue weighted by atomic mass is 16.6. The van der Waals surface area contributed by atoms with Crippen LogP contribution in [0.5, 0.6) is 0 Å². The van der Waals surface area contributed by atoms with Crippen LogP contribution >= 0.6 is 0 Å². The molecule has 6 nitrogen and oxygen atoms in total. The van der Waals surface area contributed by atoms with E-state index in [2.05, 4.69) is 6.92 Å². The van der Waals surface area contributed by atoms with E-state index < -0.39 is 29.4 Å². The number of esters is 2. The zero-order valence-corrected chi connectivity index (χ0v) is 18.4. The van der Waals surface area contributed by atoms with Gasteiger partial charge in [-0.2, -0.15) is 0 Å². The van der Waals surface area contributed by atoms with Gasteiger partial charge in [0.05, 0.1) is 5.92 Å². The summed E-state index contributed by atoms with van der Waals surface area (Å²) in [6, 6.07) is 0. The highest BCUT2D eigenvalue weighted by molar-refractivity contribution is 6.01. The molecule has 0 spiro atoms. The molecule has 8 rings (SSSR count). The molecule has 0 aromatic carbocycles. The lowest BCUT2D eigenvalue weighted by molar-refractivity contribution is -0.207. The lowest BCUT2D eigenvalue weighted by Crippen LogP contribution is -2.58. The second kappa shape index (κ2) is 6.32. The third-order valence-electron chi connectivity index (χ3n) is 10.7. The summed E-state index contributed by atoms with van der Waals surface area (Å²) >= 11 is 0. The van der Waals surface area contributed by atoms with Gasteiger partial charge in [-0.25, -0.2) is 4.79 Å². The van der Waals surface area contributed by atoms with Crippen molar-refractivity contribution >= 4 is 23.5 Å². The molecule has 170 valence electrons. The summed E-state index contributed by atoms with van der Waals surface area (Å²) in [5.41, 5.74) is -0.442. The molecule has 0 aromatic heterocycles. The summed E-state index contributed by atoms with van der Waals surface area (Å²) in [7, 11) is 0. The fraction of sp³-hybridized carbons (Fsp3) is 0.769. The molecule has 0 radical (unpaired) electrons. The maximum Gasteiger partial charge on any atom is 0.344 e. The van der Waals surface area contributed by atoms with Gasteiger partial charge in [0.15, 0.2) is 6.61 Å². The molecule has 0 aliphatic heterocycles. The largest absolute Gasteiger partial charge is 0.456 e. The lowest BCUT2D eigenvalue weighted by atomic mass is 9.50. The number of hydrogen-bond acceptors (Lipinski definition) is 6. The Morgan fingerprint density at radius 2 is 1.53 bits per heavy atom. The topological polar surface area (TPSA) is 86.7 Å². The molecule has 7 unspecified atom stereocenters. The van der Waals surface area contributed by atoms with E-state index in [0.717, 1.165) is 37.5 Å². The van der Waals surface area contributed by atoms with E-state index in [-0.39, 0.29) is 47.8 Å². The molecule has 0 N–H and O–H groups in total. The normalized spacial score (nSPS) is 53.2. The number of Topliss-reactive ketones (excluding diaryl/α,β-unsaturated/α-hetero) is 2. The smallest absolute Gasteiger partial charge is 0.344 e. The Kier molecular flexibility index (Phi) is 3.85. The number of allylic oxidation sites excluding steroid dienone is 2. The first kappa shape index (κ1) is 19.5. The molecule has 32 heavy (non-hydrogen) atoms. The molecule has 7 atom stereocenters. The lowest BCUT2D eigenvalue weighted by Gasteiger charge is -2.59. The standard InChI is InChI=1S/C26H30O6/c1-26(13-5-11-4-12(7-13)8-14(26)6-11)32-19(27)10-31-25(30)18-9-17-20-15-2-3-16(23(15)28)21(20)22(18)24(17)29/h2-3,11-18,20-22H,4-10H2,1H3. The van der Waals surface area contributed by atoms with Crippen LogP contribution in [0.2, 0.25) is 0 Å². The van der Waals surface area contributed by atoms with Crippen molar-refractivity contribution in [3.05, 3.63) is 12.2 Å². The third-order valence-corrected chi connectivity index (χ3v) is 10.7. The van der Waals surface area contributed by atoms with Crippen molar-refractivity contribution < 1.29 is 28.7 Å². The molecule has 8 aliphatic carbocycles. The predicted molar refractivity (Wildman–Crippen MR) is 111 cm³/mol. The van der Waals surface area contributed by atoms with Crippen LogP contribution in [0.1, 0.15) is 45.4 Å². The van der Waals surface area contributed by atoms with Crippen LogP contribution in [-0.4, -0.2) is 35.7 Å². The monoisotopic (exact) mass is 438 g/mol. The van der Waals surface area contributed by atoms with Gasteiger partial charge in [0.1, 0.15) is 17.2 Å². The van der Waals surface area contributed by atoms with Crippen molar-refractivity contribution in [3.63, 3.8) is 0 Å². The molecule has 0 saturated heterocycles. The summed E-state index contributed by atoms with van der Waals surface area (Å²) in [6.45, 7) is 1.69. The molecule has 8 bridgehead atoms. The Balaban J connectivity index is 0.999. The summed E-state index contributed by atoms with van der Waals surface area (Å²) < 4.78 is 11.4. The number of carbonyl (C=O) groups is 4. The first-order valence-corrected chi connectivity index (χ1v) is 12.5. The van der Waals surface area contributed by atoms with Crippen LogP contribution in [0, 0.1) is 65.1 Å². The van der Waals surface area contributed by atoms with Crippen LogP contribution in [0.15, 0.2) is 12.2 Å². The predicted octanol–water partition coefficient (Wildman–Crippen LogP) is 2.74. The molecule has 7 saturated carbocycles. The average molecular weight is 439 g/mol. The Morgan fingerprint density at radius 1 is 0.906 bits per heavy atom. The second-order valence-corrected chi connectivity index (χ2v) is 11.9. The third kappa shape index (κ3) is 2.36. The first-order chi connectivity index (χ1) is 15.3. The van der Waals surface area contributed by atoms with Gasteiger partial charge in [-0.15, -0.1) is 0 Å². The zero-order valence-electron chi connectivity index (χ0n) is 18.4. The summed E-state index contributed by atoms with van der Waals surface area (Å²) in [4.78, 5) is 50.9. The van der Waals surface area contributed by atoms with Gasteiger partial charge in [-0.1, -0.05) is 12.2 Å². The number of ketones is 2. The maximum absolute atomic E-state index is 12.9. The van der Waals surface area contributed by atoms with E-state index in [9.17, 15) is 19.2 Å². The fourth-order valence-electron chi connectivity index (χ4n) is 9.58. The molecule has 0 amide bonds. The fourth-order valence-corrected chi connectivity index (χ4v) is 9.58. The molecule has 6 heteroatoms.